The lowest BCUT2D eigenvalue weighted by molar-refractivity contribution is -0.115. The third-order valence-corrected chi connectivity index (χ3v) is 7.43. The highest BCUT2D eigenvalue weighted by Crippen LogP contribution is 2.32. The lowest BCUT2D eigenvalue weighted by Crippen LogP contribution is -2.22. The van der Waals surface area contributed by atoms with Crippen molar-refractivity contribution < 1.29 is 24.2 Å². The Kier molecular flexibility index (Phi) is 8.24. The van der Waals surface area contributed by atoms with E-state index in [4.69, 9.17) is 16.3 Å². The number of ether oxygens (including phenoxy) is 1. The Morgan fingerprint density at radius 2 is 1.61 bits per heavy atom. The maximum absolute atomic E-state index is 13.0. The summed E-state index contributed by atoms with van der Waals surface area (Å²) in [6.45, 7) is 3.65. The molecule has 0 aliphatic carbocycles. The SMILES string of the molecule is COc1cc(Cl)c(C)cc1NC(=O)C(C)Sc1ccc(NC(=O)c2cccc3cccc(C(=O)O)c23)cc1. The van der Waals surface area contributed by atoms with Crippen molar-refractivity contribution in [1.29, 1.82) is 0 Å². The molecule has 0 spiro atoms. The number of benzene rings is 4. The monoisotopic (exact) mass is 548 g/mol. The molecule has 0 aliphatic rings. The van der Waals surface area contributed by atoms with Crippen LogP contribution in [0.4, 0.5) is 11.4 Å². The van der Waals surface area contributed by atoms with Gasteiger partial charge in [0.1, 0.15) is 5.75 Å². The van der Waals surface area contributed by atoms with Gasteiger partial charge in [-0.3, -0.25) is 9.59 Å². The van der Waals surface area contributed by atoms with Crippen molar-refractivity contribution in [3.05, 3.63) is 94.5 Å². The first kappa shape index (κ1) is 27.0. The Hall–Kier alpha value is -4.01. The number of carboxylic acids is 1. The third kappa shape index (κ3) is 5.93. The van der Waals surface area contributed by atoms with Crippen LogP contribution in [0.3, 0.4) is 0 Å². The van der Waals surface area contributed by atoms with Crippen molar-refractivity contribution in [2.75, 3.05) is 17.7 Å². The quantitative estimate of drug-likeness (QED) is 0.207. The predicted octanol–water partition coefficient (Wildman–Crippen LogP) is 6.88. The number of methoxy groups -OCH3 is 1. The average Bonchev–Trinajstić information content (AvgIpc) is 2.90. The fourth-order valence-corrected chi connectivity index (χ4v) is 4.97. The van der Waals surface area contributed by atoms with Crippen molar-refractivity contribution in [1.82, 2.24) is 0 Å². The molecule has 0 fully saturated rings. The average molecular weight is 549 g/mol. The van der Waals surface area contributed by atoms with Crippen LogP contribution in [0.15, 0.2) is 77.7 Å². The second-order valence-electron chi connectivity index (χ2n) is 8.54. The summed E-state index contributed by atoms with van der Waals surface area (Å²) >= 11 is 7.51. The number of fused-ring (bicyclic) bond motifs is 1. The largest absolute Gasteiger partial charge is 0.495 e. The van der Waals surface area contributed by atoms with E-state index in [0.717, 1.165) is 10.5 Å². The third-order valence-electron chi connectivity index (χ3n) is 5.91. The Morgan fingerprint density at radius 1 is 0.947 bits per heavy atom. The molecule has 0 aromatic heterocycles. The van der Waals surface area contributed by atoms with E-state index < -0.39 is 17.1 Å². The number of hydrogen-bond acceptors (Lipinski definition) is 5. The lowest BCUT2D eigenvalue weighted by Gasteiger charge is -2.16. The number of rotatable bonds is 8. The van der Waals surface area contributed by atoms with E-state index in [1.807, 2.05) is 19.1 Å². The standard InChI is InChI=1S/C29H25ClN2O5S/c1-16-14-24(25(37-3)15-23(16)30)32-27(33)17(2)38-20-12-10-19(11-13-20)31-28(34)21-8-4-6-18-7-5-9-22(26(18)21)29(35)36/h4-15,17H,1-3H3,(H,31,34)(H,32,33)(H,35,36). The number of hydrogen-bond donors (Lipinski definition) is 3. The highest BCUT2D eigenvalue weighted by molar-refractivity contribution is 8.00. The number of halogens is 1. The Morgan fingerprint density at radius 3 is 2.24 bits per heavy atom. The Bertz CT molecular complexity index is 1530. The molecule has 4 rings (SSSR count). The van der Waals surface area contributed by atoms with Crippen LogP contribution in [0, 0.1) is 6.92 Å². The zero-order chi connectivity index (χ0) is 27.4. The first-order valence-electron chi connectivity index (χ1n) is 11.7. The van der Waals surface area contributed by atoms with Gasteiger partial charge in [-0.05, 0) is 67.3 Å². The van der Waals surface area contributed by atoms with Crippen LogP contribution in [0.1, 0.15) is 33.2 Å². The van der Waals surface area contributed by atoms with Crippen molar-refractivity contribution in [3.8, 4) is 5.75 Å². The van der Waals surface area contributed by atoms with Gasteiger partial charge in [-0.2, -0.15) is 0 Å². The summed E-state index contributed by atoms with van der Waals surface area (Å²) in [5.74, 6) is -1.23. The highest BCUT2D eigenvalue weighted by atomic mass is 35.5. The molecular weight excluding hydrogens is 524 g/mol. The molecule has 9 heteroatoms. The van der Waals surface area contributed by atoms with Gasteiger partial charge >= 0.3 is 5.97 Å². The summed E-state index contributed by atoms with van der Waals surface area (Å²) in [5.41, 5.74) is 2.26. The summed E-state index contributed by atoms with van der Waals surface area (Å²) in [6.07, 6.45) is 0. The van der Waals surface area contributed by atoms with Crippen LogP contribution in [-0.4, -0.2) is 35.2 Å². The summed E-state index contributed by atoms with van der Waals surface area (Å²) in [7, 11) is 1.51. The number of carboxylic acid groups (broad SMARTS) is 1. The van der Waals surface area contributed by atoms with Gasteiger partial charge in [-0.1, -0.05) is 35.9 Å². The minimum absolute atomic E-state index is 0.0682. The molecule has 4 aromatic rings. The van der Waals surface area contributed by atoms with Gasteiger partial charge in [0, 0.05) is 32.6 Å². The molecule has 0 heterocycles. The highest BCUT2D eigenvalue weighted by Gasteiger charge is 2.19. The summed E-state index contributed by atoms with van der Waals surface area (Å²) in [5, 5.41) is 16.5. The van der Waals surface area contributed by atoms with Gasteiger partial charge in [0.2, 0.25) is 5.91 Å². The van der Waals surface area contributed by atoms with E-state index in [1.165, 1.54) is 24.9 Å². The van der Waals surface area contributed by atoms with E-state index in [2.05, 4.69) is 10.6 Å². The zero-order valence-corrected chi connectivity index (χ0v) is 22.4. The van der Waals surface area contributed by atoms with Crippen LogP contribution < -0.4 is 15.4 Å². The van der Waals surface area contributed by atoms with E-state index in [0.29, 0.717) is 32.9 Å². The summed E-state index contributed by atoms with van der Waals surface area (Å²) in [4.78, 5) is 38.4. The number of aryl methyl sites for hydroxylation is 1. The topological polar surface area (TPSA) is 105 Å². The second kappa shape index (κ2) is 11.6. The van der Waals surface area contributed by atoms with Crippen LogP contribution in [0.25, 0.3) is 10.8 Å². The van der Waals surface area contributed by atoms with E-state index in [-0.39, 0.29) is 17.0 Å². The number of aromatic carboxylic acids is 1. The summed E-state index contributed by atoms with van der Waals surface area (Å²) < 4.78 is 5.33. The molecule has 1 atom stereocenters. The normalized spacial score (nSPS) is 11.6. The van der Waals surface area contributed by atoms with E-state index in [9.17, 15) is 19.5 Å². The molecule has 194 valence electrons. The van der Waals surface area contributed by atoms with Crippen molar-refractivity contribution in [3.63, 3.8) is 0 Å². The van der Waals surface area contributed by atoms with E-state index in [1.54, 1.807) is 61.5 Å². The molecule has 38 heavy (non-hydrogen) atoms. The molecular formula is C29H25ClN2O5S. The van der Waals surface area contributed by atoms with Crippen molar-refractivity contribution >= 4 is 63.3 Å². The zero-order valence-electron chi connectivity index (χ0n) is 20.9. The molecule has 7 nitrogen and oxygen atoms in total. The van der Waals surface area contributed by atoms with Crippen molar-refractivity contribution in [2.45, 2.75) is 24.0 Å². The van der Waals surface area contributed by atoms with Crippen molar-refractivity contribution in [2.24, 2.45) is 0 Å². The number of carbonyl (C=O) groups excluding carboxylic acids is 2. The van der Waals surface area contributed by atoms with E-state index >= 15 is 0 Å². The predicted molar refractivity (Wildman–Crippen MR) is 152 cm³/mol. The van der Waals surface area contributed by atoms with Crippen LogP contribution in [-0.2, 0) is 4.79 Å². The molecule has 1 unspecified atom stereocenters. The molecule has 4 aromatic carbocycles. The molecule has 0 saturated heterocycles. The molecule has 0 saturated carbocycles. The number of amides is 2. The fourth-order valence-electron chi connectivity index (χ4n) is 3.95. The van der Waals surface area contributed by atoms with Crippen LogP contribution in [0.5, 0.6) is 5.75 Å². The lowest BCUT2D eigenvalue weighted by atomic mass is 9.98. The Labute approximate surface area is 229 Å². The molecule has 0 bridgehead atoms. The van der Waals surface area contributed by atoms with Gasteiger partial charge in [-0.25, -0.2) is 4.79 Å². The smallest absolute Gasteiger partial charge is 0.336 e. The number of nitrogens with one attached hydrogen (secondary N) is 2. The minimum Gasteiger partial charge on any atom is -0.495 e. The first-order chi connectivity index (χ1) is 18.2. The Balaban J connectivity index is 1.44. The molecule has 2 amide bonds. The van der Waals surface area contributed by atoms with Gasteiger partial charge in [-0.15, -0.1) is 11.8 Å². The number of thioether (sulfide) groups is 1. The van der Waals surface area contributed by atoms with Gasteiger partial charge < -0.3 is 20.5 Å². The van der Waals surface area contributed by atoms with Gasteiger partial charge in [0.05, 0.1) is 23.6 Å². The molecule has 3 N–H and O–H groups in total. The van der Waals surface area contributed by atoms with Crippen LogP contribution >= 0.6 is 23.4 Å². The number of carbonyl (C=O) groups is 3. The maximum Gasteiger partial charge on any atom is 0.336 e. The second-order valence-corrected chi connectivity index (χ2v) is 10.4. The van der Waals surface area contributed by atoms with Gasteiger partial charge in [0.25, 0.3) is 5.91 Å². The molecule has 0 radical (unpaired) electrons. The number of anilines is 2. The minimum atomic E-state index is -1.10. The van der Waals surface area contributed by atoms with Crippen LogP contribution in [0.2, 0.25) is 5.02 Å². The molecule has 0 aliphatic heterocycles. The summed E-state index contributed by atoms with van der Waals surface area (Å²) in [6, 6.07) is 20.5. The maximum atomic E-state index is 13.0. The first-order valence-corrected chi connectivity index (χ1v) is 12.9. The van der Waals surface area contributed by atoms with Gasteiger partial charge in [0.15, 0.2) is 0 Å². The fraction of sp³-hybridized carbons (Fsp3) is 0.138.